The van der Waals surface area contributed by atoms with Crippen LogP contribution in [0.5, 0.6) is 0 Å². The van der Waals surface area contributed by atoms with Gasteiger partial charge in [0.1, 0.15) is 11.2 Å². The third-order valence-corrected chi connectivity index (χ3v) is 12.3. The van der Waals surface area contributed by atoms with Crippen molar-refractivity contribution in [3.05, 3.63) is 182 Å². The third-order valence-electron chi connectivity index (χ3n) is 11.1. The molecule has 0 radical (unpaired) electrons. The molecule has 12 rings (SSSR count). The number of benzene rings is 8. The lowest BCUT2D eigenvalue weighted by molar-refractivity contribution is 0.670. The largest absolute Gasteiger partial charge is 0.455 e. The molecule has 57 heavy (non-hydrogen) atoms. The fourth-order valence-corrected chi connectivity index (χ4v) is 9.60. The molecule has 0 unspecified atom stereocenters. The van der Waals surface area contributed by atoms with Crippen molar-refractivity contribution in [1.29, 1.82) is 0 Å². The van der Waals surface area contributed by atoms with Crippen LogP contribution in [0.3, 0.4) is 0 Å². The van der Waals surface area contributed by atoms with Crippen LogP contribution in [0.1, 0.15) is 0 Å². The molecule has 5 nitrogen and oxygen atoms in total. The first-order chi connectivity index (χ1) is 28.2. The number of para-hydroxylation sites is 3. The van der Waals surface area contributed by atoms with E-state index in [-0.39, 0.29) is 0 Å². The second kappa shape index (κ2) is 12.6. The SMILES string of the molecule is c1ccc(-c2nc(-c3ccccc3)nc(-c3ccc4oc5c(-c6ccc7sc8c(-n9c%10ccccc%10c%10ccccc%109)cccc8c7c6)cccc5c4c3)n2)cc1. The number of furan rings is 1. The van der Waals surface area contributed by atoms with Crippen LogP contribution >= 0.6 is 11.3 Å². The Balaban J connectivity index is 0.991. The first kappa shape index (κ1) is 31.9. The van der Waals surface area contributed by atoms with Crippen LogP contribution in [0, 0.1) is 0 Å². The van der Waals surface area contributed by atoms with E-state index in [1.165, 1.54) is 47.7 Å². The zero-order valence-corrected chi connectivity index (χ0v) is 31.2. The Labute approximate surface area is 330 Å². The van der Waals surface area contributed by atoms with E-state index in [2.05, 4.69) is 114 Å². The maximum absolute atomic E-state index is 6.69. The number of hydrogen-bond donors (Lipinski definition) is 0. The van der Waals surface area contributed by atoms with Gasteiger partial charge in [0.2, 0.25) is 0 Å². The van der Waals surface area contributed by atoms with Gasteiger partial charge in [-0.1, -0.05) is 133 Å². The van der Waals surface area contributed by atoms with Crippen molar-refractivity contribution >= 4 is 75.3 Å². The summed E-state index contributed by atoms with van der Waals surface area (Å²) in [6.45, 7) is 0. The molecule has 0 saturated carbocycles. The van der Waals surface area contributed by atoms with Crippen molar-refractivity contribution in [3.8, 4) is 51.0 Å². The van der Waals surface area contributed by atoms with Crippen LogP contribution in [0.15, 0.2) is 186 Å². The summed E-state index contributed by atoms with van der Waals surface area (Å²) in [5.41, 5.74) is 10.3. The number of aromatic nitrogens is 4. The molecule has 0 bridgehead atoms. The van der Waals surface area contributed by atoms with Gasteiger partial charge < -0.3 is 8.98 Å². The second-order valence-corrected chi connectivity index (χ2v) is 15.4. The Morgan fingerprint density at radius 2 is 0.965 bits per heavy atom. The first-order valence-electron chi connectivity index (χ1n) is 19.0. The molecule has 0 aliphatic carbocycles. The molecule has 0 atom stereocenters. The number of fused-ring (bicyclic) bond motifs is 9. The average molecular weight is 747 g/mol. The highest BCUT2D eigenvalue weighted by Crippen LogP contribution is 2.44. The maximum atomic E-state index is 6.69. The van der Waals surface area contributed by atoms with E-state index in [4.69, 9.17) is 19.4 Å². The molecule has 0 amide bonds. The summed E-state index contributed by atoms with van der Waals surface area (Å²) < 4.78 is 11.6. The number of nitrogens with zero attached hydrogens (tertiary/aromatic N) is 4. The number of rotatable bonds is 5. The Bertz CT molecular complexity index is 3420. The molecule has 0 N–H and O–H groups in total. The number of thiophene rings is 1. The topological polar surface area (TPSA) is 56.7 Å². The average Bonchev–Trinajstić information content (AvgIpc) is 3.96. The minimum atomic E-state index is 0.616. The van der Waals surface area contributed by atoms with Gasteiger partial charge in [0, 0.05) is 59.3 Å². The molecule has 0 aliphatic heterocycles. The molecule has 0 aliphatic rings. The Kier molecular flexibility index (Phi) is 7.03. The summed E-state index contributed by atoms with van der Waals surface area (Å²) in [7, 11) is 0. The quantitative estimate of drug-likeness (QED) is 0.176. The van der Waals surface area contributed by atoms with Gasteiger partial charge in [0.05, 0.1) is 21.4 Å². The Morgan fingerprint density at radius 1 is 0.404 bits per heavy atom. The van der Waals surface area contributed by atoms with Gasteiger partial charge in [-0.05, 0) is 54.1 Å². The van der Waals surface area contributed by atoms with Gasteiger partial charge in [-0.15, -0.1) is 11.3 Å². The normalized spacial score (nSPS) is 11.9. The lowest BCUT2D eigenvalue weighted by atomic mass is 10.00. The van der Waals surface area contributed by atoms with E-state index >= 15 is 0 Å². The van der Waals surface area contributed by atoms with Gasteiger partial charge >= 0.3 is 0 Å². The molecule has 4 aromatic heterocycles. The van der Waals surface area contributed by atoms with Crippen molar-refractivity contribution in [1.82, 2.24) is 19.5 Å². The van der Waals surface area contributed by atoms with E-state index in [0.29, 0.717) is 17.5 Å². The van der Waals surface area contributed by atoms with Gasteiger partial charge in [-0.3, -0.25) is 0 Å². The summed E-state index contributed by atoms with van der Waals surface area (Å²) in [5.74, 6) is 1.89. The summed E-state index contributed by atoms with van der Waals surface area (Å²) in [5, 5.41) is 7.09. The molecule has 12 aromatic rings. The number of hydrogen-bond acceptors (Lipinski definition) is 5. The fourth-order valence-electron chi connectivity index (χ4n) is 8.41. The van der Waals surface area contributed by atoms with Crippen molar-refractivity contribution in [2.24, 2.45) is 0 Å². The second-order valence-electron chi connectivity index (χ2n) is 14.4. The van der Waals surface area contributed by atoms with Gasteiger partial charge in [0.25, 0.3) is 0 Å². The molecule has 0 saturated heterocycles. The van der Waals surface area contributed by atoms with E-state index < -0.39 is 0 Å². The van der Waals surface area contributed by atoms with Crippen molar-refractivity contribution < 1.29 is 4.42 Å². The van der Waals surface area contributed by atoms with Crippen LogP contribution in [0.4, 0.5) is 0 Å². The maximum Gasteiger partial charge on any atom is 0.164 e. The van der Waals surface area contributed by atoms with Crippen molar-refractivity contribution in [2.45, 2.75) is 0 Å². The van der Waals surface area contributed by atoms with E-state index in [1.807, 2.05) is 84.1 Å². The van der Waals surface area contributed by atoms with Crippen LogP contribution in [-0.2, 0) is 0 Å². The highest BCUT2D eigenvalue weighted by molar-refractivity contribution is 7.26. The molecule has 266 valence electrons. The molecule has 0 spiro atoms. The van der Waals surface area contributed by atoms with Crippen LogP contribution in [-0.4, -0.2) is 19.5 Å². The van der Waals surface area contributed by atoms with Crippen LogP contribution in [0.2, 0.25) is 0 Å². The summed E-state index contributed by atoms with van der Waals surface area (Å²) in [6.07, 6.45) is 0. The van der Waals surface area contributed by atoms with E-state index in [1.54, 1.807) is 0 Å². The summed E-state index contributed by atoms with van der Waals surface area (Å²) >= 11 is 1.85. The predicted octanol–water partition coefficient (Wildman–Crippen LogP) is 13.9. The third kappa shape index (κ3) is 5.04. The molecule has 8 aromatic carbocycles. The van der Waals surface area contributed by atoms with Crippen LogP contribution < -0.4 is 0 Å². The van der Waals surface area contributed by atoms with Gasteiger partial charge in [0.15, 0.2) is 17.5 Å². The van der Waals surface area contributed by atoms with E-state index in [0.717, 1.165) is 49.8 Å². The van der Waals surface area contributed by atoms with Crippen LogP contribution in [0.25, 0.3) is 115 Å². The summed E-state index contributed by atoms with van der Waals surface area (Å²) in [6, 6.07) is 63.7. The monoisotopic (exact) mass is 746 g/mol. The lowest BCUT2D eigenvalue weighted by Gasteiger charge is -2.09. The van der Waals surface area contributed by atoms with Crippen molar-refractivity contribution in [3.63, 3.8) is 0 Å². The highest BCUT2D eigenvalue weighted by atomic mass is 32.1. The van der Waals surface area contributed by atoms with Gasteiger partial charge in [-0.2, -0.15) is 0 Å². The minimum Gasteiger partial charge on any atom is -0.455 e. The lowest BCUT2D eigenvalue weighted by Crippen LogP contribution is -2.00. The zero-order valence-electron chi connectivity index (χ0n) is 30.4. The standard InChI is InChI=1S/C51H30N4OS/c1-3-13-31(14-4-1)49-52-50(32-15-5-2-6-16-32)54-51(53-49)34-25-27-45-40(30-34)38-20-11-19-35(47(38)56-45)33-26-28-46-41(29-33)39-21-12-24-44(48(39)57-46)55-42-22-9-7-17-36(42)37-18-8-10-23-43(37)55/h1-30H. The van der Waals surface area contributed by atoms with E-state index in [9.17, 15) is 0 Å². The Hall–Kier alpha value is -7.41. The fraction of sp³-hybridized carbons (Fsp3) is 0. The van der Waals surface area contributed by atoms with Gasteiger partial charge in [-0.25, -0.2) is 15.0 Å². The van der Waals surface area contributed by atoms with Crippen molar-refractivity contribution in [2.75, 3.05) is 0 Å². The highest BCUT2D eigenvalue weighted by Gasteiger charge is 2.19. The smallest absolute Gasteiger partial charge is 0.164 e. The summed E-state index contributed by atoms with van der Waals surface area (Å²) in [4.78, 5) is 14.9. The molecule has 4 heterocycles. The molecule has 6 heteroatoms. The molecular weight excluding hydrogens is 717 g/mol. The first-order valence-corrected chi connectivity index (χ1v) is 19.8. The zero-order chi connectivity index (χ0) is 37.5. The Morgan fingerprint density at radius 3 is 1.67 bits per heavy atom. The molecule has 0 fully saturated rings. The predicted molar refractivity (Wildman–Crippen MR) is 236 cm³/mol. The minimum absolute atomic E-state index is 0.616. The molecular formula is C51H30N4OS.